The summed E-state index contributed by atoms with van der Waals surface area (Å²) >= 11 is 7.53. The van der Waals surface area contributed by atoms with Crippen molar-refractivity contribution in [3.8, 4) is 0 Å². The molecule has 0 saturated heterocycles. The zero-order valence-corrected chi connectivity index (χ0v) is 9.98. The van der Waals surface area contributed by atoms with Crippen LogP contribution in [0.5, 0.6) is 0 Å². The normalized spacial score (nSPS) is 15.1. The van der Waals surface area contributed by atoms with E-state index in [9.17, 15) is 5.11 Å². The fourth-order valence-electron chi connectivity index (χ4n) is 0.948. The summed E-state index contributed by atoms with van der Waals surface area (Å²) in [5, 5.41) is 10.3. The van der Waals surface area contributed by atoms with Crippen LogP contribution in [-0.4, -0.2) is 16.5 Å². The van der Waals surface area contributed by atoms with Gasteiger partial charge in [-0.25, -0.2) is 0 Å². The maximum absolute atomic E-state index is 9.30. The van der Waals surface area contributed by atoms with Crippen molar-refractivity contribution in [2.75, 3.05) is 0 Å². The molecule has 78 valence electrons. The molecule has 0 amide bonds. The van der Waals surface area contributed by atoms with Crippen molar-refractivity contribution in [3.05, 3.63) is 34.9 Å². The lowest BCUT2D eigenvalue weighted by Crippen LogP contribution is -2.15. The van der Waals surface area contributed by atoms with E-state index in [0.29, 0.717) is 0 Å². The van der Waals surface area contributed by atoms with Gasteiger partial charge >= 0.3 is 0 Å². The highest BCUT2D eigenvalue weighted by molar-refractivity contribution is 7.99. The van der Waals surface area contributed by atoms with Gasteiger partial charge in [0, 0.05) is 16.0 Å². The van der Waals surface area contributed by atoms with Crippen molar-refractivity contribution in [1.82, 2.24) is 0 Å². The predicted octanol–water partition coefficient (Wildman–Crippen LogP) is 3.34. The molecule has 2 atom stereocenters. The van der Waals surface area contributed by atoms with Crippen LogP contribution in [-0.2, 0) is 5.75 Å². The van der Waals surface area contributed by atoms with E-state index >= 15 is 0 Å². The Bertz CT molecular complexity index is 271. The average Bonchev–Trinajstić information content (AvgIpc) is 2.16. The third kappa shape index (κ3) is 3.91. The van der Waals surface area contributed by atoms with Crippen molar-refractivity contribution in [1.29, 1.82) is 0 Å². The Morgan fingerprint density at radius 2 is 1.86 bits per heavy atom. The molecule has 1 aromatic rings. The number of rotatable bonds is 4. The topological polar surface area (TPSA) is 20.2 Å². The molecular formula is C11H15ClOS. The number of thioether (sulfide) groups is 1. The highest BCUT2D eigenvalue weighted by Gasteiger charge is 2.08. The second-order valence-corrected chi connectivity index (χ2v) is 5.19. The van der Waals surface area contributed by atoms with Gasteiger partial charge in [-0.2, -0.15) is 11.8 Å². The van der Waals surface area contributed by atoms with Gasteiger partial charge < -0.3 is 5.11 Å². The van der Waals surface area contributed by atoms with Gasteiger partial charge in [0.2, 0.25) is 0 Å². The van der Waals surface area contributed by atoms with Crippen LogP contribution in [0.25, 0.3) is 0 Å². The maximum Gasteiger partial charge on any atom is 0.0628 e. The van der Waals surface area contributed by atoms with E-state index in [1.165, 1.54) is 5.56 Å². The Labute approximate surface area is 94.5 Å². The Morgan fingerprint density at radius 1 is 1.29 bits per heavy atom. The van der Waals surface area contributed by atoms with Crippen molar-refractivity contribution in [3.63, 3.8) is 0 Å². The van der Waals surface area contributed by atoms with Crippen LogP contribution in [0.1, 0.15) is 19.4 Å². The summed E-state index contributed by atoms with van der Waals surface area (Å²) in [5.41, 5.74) is 1.24. The van der Waals surface area contributed by atoms with Crippen LogP contribution in [0.15, 0.2) is 24.3 Å². The Hall–Kier alpha value is -0.180. The summed E-state index contributed by atoms with van der Waals surface area (Å²) < 4.78 is 0. The molecule has 1 aromatic carbocycles. The first-order valence-electron chi connectivity index (χ1n) is 4.63. The number of hydrogen-bond donors (Lipinski definition) is 1. The molecule has 0 spiro atoms. The third-order valence-electron chi connectivity index (χ3n) is 2.11. The second-order valence-electron chi connectivity index (χ2n) is 3.38. The molecule has 0 aliphatic carbocycles. The van der Waals surface area contributed by atoms with Crippen LogP contribution in [0.3, 0.4) is 0 Å². The monoisotopic (exact) mass is 230 g/mol. The van der Waals surface area contributed by atoms with Crippen LogP contribution in [0, 0.1) is 0 Å². The van der Waals surface area contributed by atoms with Crippen molar-refractivity contribution in [2.24, 2.45) is 0 Å². The molecule has 1 rings (SSSR count). The summed E-state index contributed by atoms with van der Waals surface area (Å²) in [5.74, 6) is 0.920. The molecule has 0 aliphatic heterocycles. The third-order valence-corrected chi connectivity index (χ3v) is 3.78. The molecule has 0 saturated carbocycles. The molecule has 0 aromatic heterocycles. The zero-order chi connectivity index (χ0) is 10.6. The standard InChI is InChI=1S/C11H15ClOS/c1-8(13)9(2)14-7-10-3-5-11(12)6-4-10/h3-6,8-9,13H,7H2,1-2H3. The fourth-order valence-corrected chi connectivity index (χ4v) is 2.00. The molecule has 0 heterocycles. The Kier molecular flexibility index (Phi) is 4.79. The summed E-state index contributed by atoms with van der Waals surface area (Å²) in [6.45, 7) is 3.85. The lowest BCUT2D eigenvalue weighted by Gasteiger charge is -2.13. The summed E-state index contributed by atoms with van der Waals surface area (Å²) in [4.78, 5) is 0. The van der Waals surface area contributed by atoms with Crippen molar-refractivity contribution < 1.29 is 5.11 Å². The van der Waals surface area contributed by atoms with Crippen LogP contribution in [0.2, 0.25) is 5.02 Å². The van der Waals surface area contributed by atoms with E-state index in [4.69, 9.17) is 11.6 Å². The van der Waals surface area contributed by atoms with E-state index in [1.54, 1.807) is 11.8 Å². The molecule has 0 radical (unpaired) electrons. The number of halogens is 1. The smallest absolute Gasteiger partial charge is 0.0628 e. The van der Waals surface area contributed by atoms with Gasteiger partial charge in [0.1, 0.15) is 0 Å². The van der Waals surface area contributed by atoms with Crippen molar-refractivity contribution >= 4 is 23.4 Å². The molecular weight excluding hydrogens is 216 g/mol. The maximum atomic E-state index is 9.30. The molecule has 0 aliphatic rings. The predicted molar refractivity (Wildman–Crippen MR) is 63.9 cm³/mol. The first-order chi connectivity index (χ1) is 6.59. The van der Waals surface area contributed by atoms with Gasteiger partial charge in [0.25, 0.3) is 0 Å². The minimum absolute atomic E-state index is 0.257. The zero-order valence-electron chi connectivity index (χ0n) is 8.40. The SMILES string of the molecule is CC(O)C(C)SCc1ccc(Cl)cc1. The van der Waals surface area contributed by atoms with Gasteiger partial charge in [0.05, 0.1) is 6.10 Å². The Morgan fingerprint density at radius 3 is 2.36 bits per heavy atom. The number of hydrogen-bond acceptors (Lipinski definition) is 2. The lowest BCUT2D eigenvalue weighted by molar-refractivity contribution is 0.196. The minimum Gasteiger partial charge on any atom is -0.392 e. The van der Waals surface area contributed by atoms with Crippen LogP contribution < -0.4 is 0 Å². The minimum atomic E-state index is -0.257. The largest absolute Gasteiger partial charge is 0.392 e. The van der Waals surface area contributed by atoms with Gasteiger partial charge in [-0.1, -0.05) is 30.7 Å². The summed E-state index contributed by atoms with van der Waals surface area (Å²) in [6.07, 6.45) is -0.257. The number of aliphatic hydroxyl groups is 1. The van der Waals surface area contributed by atoms with E-state index in [0.717, 1.165) is 10.8 Å². The Balaban J connectivity index is 2.42. The highest BCUT2D eigenvalue weighted by atomic mass is 35.5. The van der Waals surface area contributed by atoms with Gasteiger partial charge in [0.15, 0.2) is 0 Å². The molecule has 0 fully saturated rings. The van der Waals surface area contributed by atoms with E-state index in [1.807, 2.05) is 38.1 Å². The second kappa shape index (κ2) is 5.64. The summed E-state index contributed by atoms with van der Waals surface area (Å²) in [7, 11) is 0. The van der Waals surface area contributed by atoms with E-state index in [-0.39, 0.29) is 11.4 Å². The van der Waals surface area contributed by atoms with Crippen molar-refractivity contribution in [2.45, 2.75) is 31.0 Å². The van der Waals surface area contributed by atoms with Crippen LogP contribution in [0.4, 0.5) is 0 Å². The fraction of sp³-hybridized carbons (Fsp3) is 0.455. The molecule has 2 unspecified atom stereocenters. The molecule has 3 heteroatoms. The van der Waals surface area contributed by atoms with Gasteiger partial charge in [-0.15, -0.1) is 0 Å². The molecule has 14 heavy (non-hydrogen) atoms. The quantitative estimate of drug-likeness (QED) is 0.856. The van der Waals surface area contributed by atoms with Gasteiger partial charge in [-0.05, 0) is 24.6 Å². The van der Waals surface area contributed by atoms with E-state index < -0.39 is 0 Å². The van der Waals surface area contributed by atoms with Gasteiger partial charge in [-0.3, -0.25) is 0 Å². The lowest BCUT2D eigenvalue weighted by atomic mass is 10.2. The average molecular weight is 231 g/mol. The molecule has 0 bridgehead atoms. The first kappa shape index (κ1) is 11.9. The summed E-state index contributed by atoms with van der Waals surface area (Å²) in [6, 6.07) is 7.82. The number of aliphatic hydroxyl groups excluding tert-OH is 1. The molecule has 1 N–H and O–H groups in total. The van der Waals surface area contributed by atoms with Crippen LogP contribution >= 0.6 is 23.4 Å². The number of benzene rings is 1. The molecule has 1 nitrogen and oxygen atoms in total. The van der Waals surface area contributed by atoms with E-state index in [2.05, 4.69) is 0 Å². The first-order valence-corrected chi connectivity index (χ1v) is 6.06. The highest BCUT2D eigenvalue weighted by Crippen LogP contribution is 2.21.